The molecule has 3 nitrogen and oxygen atoms in total. The maximum atomic E-state index is 13.3. The third-order valence-electron chi connectivity index (χ3n) is 3.73. The van der Waals surface area contributed by atoms with E-state index in [1.807, 2.05) is 24.3 Å². The highest BCUT2D eigenvalue weighted by Crippen LogP contribution is 2.24. The Morgan fingerprint density at radius 1 is 1.19 bits per heavy atom. The van der Waals surface area contributed by atoms with E-state index in [9.17, 15) is 4.39 Å². The molecule has 0 aliphatic carbocycles. The Morgan fingerprint density at radius 3 is 2.86 bits per heavy atom. The summed E-state index contributed by atoms with van der Waals surface area (Å²) in [7, 11) is 0. The van der Waals surface area contributed by atoms with Crippen LogP contribution < -0.4 is 5.73 Å². The van der Waals surface area contributed by atoms with E-state index in [2.05, 4.69) is 11.0 Å². The fraction of sp³-hybridized carbons (Fsp3) is 0.294. The van der Waals surface area contributed by atoms with Crippen LogP contribution in [0.15, 0.2) is 48.5 Å². The lowest BCUT2D eigenvalue weighted by Gasteiger charge is -2.33. The van der Waals surface area contributed by atoms with Crippen LogP contribution in [0.5, 0.6) is 0 Å². The van der Waals surface area contributed by atoms with Crippen LogP contribution in [0.3, 0.4) is 0 Å². The quantitative estimate of drug-likeness (QED) is 0.882. The highest BCUT2D eigenvalue weighted by molar-refractivity contribution is 5.40. The first-order chi connectivity index (χ1) is 10.2. The van der Waals surface area contributed by atoms with Gasteiger partial charge in [-0.05, 0) is 35.4 Å². The molecule has 21 heavy (non-hydrogen) atoms. The summed E-state index contributed by atoms with van der Waals surface area (Å²) in [5.74, 6) is -0.218. The molecule has 110 valence electrons. The summed E-state index contributed by atoms with van der Waals surface area (Å²) in [6, 6.07) is 14.6. The Morgan fingerprint density at radius 2 is 2.05 bits per heavy atom. The smallest absolute Gasteiger partial charge is 0.123 e. The molecule has 2 aromatic rings. The molecular weight excluding hydrogens is 267 g/mol. The lowest BCUT2D eigenvalue weighted by atomic mass is 10.1. The van der Waals surface area contributed by atoms with Gasteiger partial charge in [-0.15, -0.1) is 0 Å². The number of halogens is 1. The summed E-state index contributed by atoms with van der Waals surface area (Å²) in [6.07, 6.45) is -0.0736. The van der Waals surface area contributed by atoms with Crippen molar-refractivity contribution in [3.05, 3.63) is 65.5 Å². The monoisotopic (exact) mass is 286 g/mol. The van der Waals surface area contributed by atoms with Crippen LogP contribution >= 0.6 is 0 Å². The SMILES string of the molecule is Nc1cccc(CN2CCOC(c3cccc(F)c3)C2)c1. The van der Waals surface area contributed by atoms with Gasteiger partial charge in [0, 0.05) is 25.3 Å². The van der Waals surface area contributed by atoms with Crippen LogP contribution in [0.4, 0.5) is 10.1 Å². The number of hydrogen-bond donors (Lipinski definition) is 1. The Hall–Kier alpha value is -1.91. The van der Waals surface area contributed by atoms with Crippen molar-refractivity contribution in [3.8, 4) is 0 Å². The van der Waals surface area contributed by atoms with E-state index in [-0.39, 0.29) is 11.9 Å². The molecule has 0 aromatic heterocycles. The Kier molecular flexibility index (Phi) is 4.18. The van der Waals surface area contributed by atoms with E-state index in [0.717, 1.165) is 30.9 Å². The van der Waals surface area contributed by atoms with Gasteiger partial charge in [0.05, 0.1) is 12.7 Å². The van der Waals surface area contributed by atoms with Gasteiger partial charge in [0.2, 0.25) is 0 Å². The Balaban J connectivity index is 1.68. The molecule has 4 heteroatoms. The standard InChI is InChI=1S/C17H19FN2O/c18-15-5-2-4-14(10-15)17-12-20(7-8-21-17)11-13-3-1-6-16(19)9-13/h1-6,9-10,17H,7-8,11-12,19H2. The van der Waals surface area contributed by atoms with Crippen LogP contribution in [0, 0.1) is 5.82 Å². The first-order valence-electron chi connectivity index (χ1n) is 7.14. The zero-order valence-electron chi connectivity index (χ0n) is 11.8. The van der Waals surface area contributed by atoms with E-state index in [0.29, 0.717) is 6.61 Å². The van der Waals surface area contributed by atoms with Crippen LogP contribution in [0.25, 0.3) is 0 Å². The molecule has 0 radical (unpaired) electrons. The minimum atomic E-state index is -0.218. The van der Waals surface area contributed by atoms with Crippen molar-refractivity contribution in [1.29, 1.82) is 0 Å². The number of morpholine rings is 1. The number of rotatable bonds is 3. The summed E-state index contributed by atoms with van der Waals surface area (Å²) >= 11 is 0. The van der Waals surface area contributed by atoms with Crippen molar-refractivity contribution in [1.82, 2.24) is 4.90 Å². The number of anilines is 1. The van der Waals surface area contributed by atoms with Crippen molar-refractivity contribution in [2.45, 2.75) is 12.6 Å². The third kappa shape index (κ3) is 3.60. The fourth-order valence-electron chi connectivity index (χ4n) is 2.70. The molecule has 1 atom stereocenters. The van der Waals surface area contributed by atoms with Crippen LogP contribution in [-0.4, -0.2) is 24.6 Å². The zero-order valence-corrected chi connectivity index (χ0v) is 11.8. The van der Waals surface area contributed by atoms with Crippen LogP contribution in [0.1, 0.15) is 17.2 Å². The molecule has 0 spiro atoms. The molecule has 1 heterocycles. The Labute approximate surface area is 124 Å². The lowest BCUT2D eigenvalue weighted by Crippen LogP contribution is -2.37. The molecule has 1 fully saturated rings. The lowest BCUT2D eigenvalue weighted by molar-refractivity contribution is -0.0330. The summed E-state index contributed by atoms with van der Waals surface area (Å²) < 4.78 is 19.1. The van der Waals surface area contributed by atoms with Crippen molar-refractivity contribution in [2.24, 2.45) is 0 Å². The van der Waals surface area contributed by atoms with E-state index in [1.54, 1.807) is 12.1 Å². The number of nitrogens with two attached hydrogens (primary N) is 1. The average Bonchev–Trinajstić information content (AvgIpc) is 2.47. The summed E-state index contributed by atoms with van der Waals surface area (Å²) in [5, 5.41) is 0. The topological polar surface area (TPSA) is 38.5 Å². The number of hydrogen-bond acceptors (Lipinski definition) is 3. The molecule has 1 aliphatic heterocycles. The first-order valence-corrected chi connectivity index (χ1v) is 7.14. The minimum absolute atomic E-state index is 0.0736. The largest absolute Gasteiger partial charge is 0.399 e. The highest BCUT2D eigenvalue weighted by atomic mass is 19.1. The number of nitrogen functional groups attached to an aromatic ring is 1. The predicted molar refractivity (Wildman–Crippen MR) is 81.2 cm³/mol. The predicted octanol–water partition coefficient (Wildman–Crippen LogP) is 2.98. The van der Waals surface area contributed by atoms with E-state index in [1.165, 1.54) is 11.6 Å². The van der Waals surface area contributed by atoms with E-state index >= 15 is 0 Å². The molecule has 2 aromatic carbocycles. The van der Waals surface area contributed by atoms with Gasteiger partial charge in [0.15, 0.2) is 0 Å². The Bertz CT molecular complexity index is 617. The normalized spacial score (nSPS) is 19.6. The van der Waals surface area contributed by atoms with Gasteiger partial charge < -0.3 is 10.5 Å². The van der Waals surface area contributed by atoms with E-state index < -0.39 is 0 Å². The summed E-state index contributed by atoms with van der Waals surface area (Å²) in [6.45, 7) is 3.13. The van der Waals surface area contributed by atoms with Crippen molar-refractivity contribution < 1.29 is 9.13 Å². The molecule has 0 bridgehead atoms. The highest BCUT2D eigenvalue weighted by Gasteiger charge is 2.22. The molecule has 0 amide bonds. The molecule has 1 aliphatic rings. The average molecular weight is 286 g/mol. The fourth-order valence-corrected chi connectivity index (χ4v) is 2.70. The number of nitrogens with zero attached hydrogens (tertiary/aromatic N) is 1. The zero-order chi connectivity index (χ0) is 14.7. The molecular formula is C17H19FN2O. The van der Waals surface area contributed by atoms with Gasteiger partial charge in [0.1, 0.15) is 5.82 Å². The van der Waals surface area contributed by atoms with Crippen molar-refractivity contribution in [2.75, 3.05) is 25.4 Å². The second-order valence-corrected chi connectivity index (χ2v) is 5.39. The van der Waals surface area contributed by atoms with Crippen LogP contribution in [-0.2, 0) is 11.3 Å². The maximum absolute atomic E-state index is 13.3. The second kappa shape index (κ2) is 6.24. The number of benzene rings is 2. The molecule has 1 unspecified atom stereocenters. The molecule has 3 rings (SSSR count). The van der Waals surface area contributed by atoms with Gasteiger partial charge in [-0.1, -0.05) is 24.3 Å². The minimum Gasteiger partial charge on any atom is -0.399 e. The van der Waals surface area contributed by atoms with Gasteiger partial charge in [-0.25, -0.2) is 4.39 Å². The summed E-state index contributed by atoms with van der Waals surface area (Å²) in [4.78, 5) is 2.31. The van der Waals surface area contributed by atoms with E-state index in [4.69, 9.17) is 10.5 Å². The van der Waals surface area contributed by atoms with Gasteiger partial charge in [0.25, 0.3) is 0 Å². The number of ether oxygens (including phenoxy) is 1. The van der Waals surface area contributed by atoms with Gasteiger partial charge in [-0.3, -0.25) is 4.90 Å². The summed E-state index contributed by atoms with van der Waals surface area (Å²) in [5.41, 5.74) is 8.68. The molecule has 2 N–H and O–H groups in total. The molecule has 0 saturated carbocycles. The van der Waals surface area contributed by atoms with Gasteiger partial charge in [-0.2, -0.15) is 0 Å². The maximum Gasteiger partial charge on any atom is 0.123 e. The molecule has 1 saturated heterocycles. The first kappa shape index (κ1) is 14.0. The third-order valence-corrected chi connectivity index (χ3v) is 3.73. The van der Waals surface area contributed by atoms with Crippen LogP contribution in [0.2, 0.25) is 0 Å². The van der Waals surface area contributed by atoms with Crippen molar-refractivity contribution in [3.63, 3.8) is 0 Å². The second-order valence-electron chi connectivity index (χ2n) is 5.39. The van der Waals surface area contributed by atoms with Gasteiger partial charge >= 0.3 is 0 Å². The van der Waals surface area contributed by atoms with Crippen molar-refractivity contribution >= 4 is 5.69 Å².